The fraction of sp³-hybridized carbons (Fsp3) is 0.111. The Morgan fingerprint density at radius 3 is 2.45 bits per heavy atom. The summed E-state index contributed by atoms with van der Waals surface area (Å²) in [6.45, 7) is 3.68. The summed E-state index contributed by atoms with van der Waals surface area (Å²) in [5.41, 5.74) is 0. The molecule has 1 unspecified atom stereocenters. The van der Waals surface area contributed by atoms with E-state index in [0.717, 1.165) is 14.7 Å². The van der Waals surface area contributed by atoms with Crippen molar-refractivity contribution in [2.24, 2.45) is 0 Å². The van der Waals surface area contributed by atoms with Gasteiger partial charge in [0.05, 0.1) is 0 Å². The lowest BCUT2D eigenvalue weighted by Crippen LogP contribution is -1.91. The lowest BCUT2D eigenvalue weighted by atomic mass is 10.4. The molecule has 0 aliphatic heterocycles. The van der Waals surface area contributed by atoms with E-state index in [0.29, 0.717) is 0 Å². The Hall–Kier alpha value is -0.320. The number of benzene rings is 1. The molecular weight excluding hydrogens is 175 g/mol. The highest BCUT2D eigenvalue weighted by Gasteiger charge is 1.85. The van der Waals surface area contributed by atoms with Crippen LogP contribution in [0.1, 0.15) is 0 Å². The van der Waals surface area contributed by atoms with Gasteiger partial charge < -0.3 is 0 Å². The van der Waals surface area contributed by atoms with Crippen molar-refractivity contribution < 1.29 is 0 Å². The number of rotatable bonds is 3. The van der Waals surface area contributed by atoms with Gasteiger partial charge in [0, 0.05) is 0 Å². The van der Waals surface area contributed by atoms with Gasteiger partial charge in [0.1, 0.15) is 0 Å². The van der Waals surface area contributed by atoms with E-state index in [2.05, 4.69) is 30.8 Å². The third kappa shape index (κ3) is 4.19. The van der Waals surface area contributed by atoms with Crippen LogP contribution < -0.4 is 5.30 Å². The van der Waals surface area contributed by atoms with E-state index in [1.165, 1.54) is 5.30 Å². The molecule has 11 heavy (non-hydrogen) atoms. The first kappa shape index (κ1) is 10.7. The maximum atomic E-state index is 3.68. The summed E-state index contributed by atoms with van der Waals surface area (Å²) in [5.74, 6) is 0. The standard InChI is InChI=1S/C9H11P.ClH/c1-2-8-10-9-6-4-3-5-7-9;/h2-7,10H,1,8H2;1H. The van der Waals surface area contributed by atoms with E-state index in [1.807, 2.05) is 12.1 Å². The number of halogens is 1. The quantitative estimate of drug-likeness (QED) is 0.503. The molecule has 1 rings (SSSR count). The van der Waals surface area contributed by atoms with Crippen molar-refractivity contribution in [1.29, 1.82) is 0 Å². The van der Waals surface area contributed by atoms with Crippen LogP contribution >= 0.6 is 21.0 Å². The third-order valence-electron chi connectivity index (χ3n) is 1.22. The van der Waals surface area contributed by atoms with Gasteiger partial charge >= 0.3 is 0 Å². The van der Waals surface area contributed by atoms with Crippen molar-refractivity contribution in [2.45, 2.75) is 0 Å². The van der Waals surface area contributed by atoms with Crippen molar-refractivity contribution >= 4 is 26.3 Å². The van der Waals surface area contributed by atoms with Gasteiger partial charge in [-0.15, -0.1) is 19.0 Å². The normalized spacial score (nSPS) is 9.45. The van der Waals surface area contributed by atoms with Gasteiger partial charge in [0.15, 0.2) is 0 Å². The molecular formula is C9H12ClP. The minimum Gasteiger partial charge on any atom is -0.147 e. The second-order valence-electron chi connectivity index (χ2n) is 2.04. The van der Waals surface area contributed by atoms with E-state index < -0.39 is 0 Å². The third-order valence-corrected chi connectivity index (χ3v) is 2.46. The molecule has 1 aromatic carbocycles. The molecule has 0 radical (unpaired) electrons. The van der Waals surface area contributed by atoms with Crippen molar-refractivity contribution in [2.75, 3.05) is 6.16 Å². The molecule has 0 nitrogen and oxygen atoms in total. The molecule has 0 saturated carbocycles. The molecule has 0 saturated heterocycles. The van der Waals surface area contributed by atoms with Crippen LogP contribution in [0.25, 0.3) is 0 Å². The second kappa shape index (κ2) is 6.39. The van der Waals surface area contributed by atoms with Crippen LogP contribution in [0.3, 0.4) is 0 Å². The van der Waals surface area contributed by atoms with Gasteiger partial charge in [-0.05, 0) is 11.5 Å². The minimum absolute atomic E-state index is 0. The summed E-state index contributed by atoms with van der Waals surface area (Å²) in [5, 5.41) is 1.42. The summed E-state index contributed by atoms with van der Waals surface area (Å²) in [4.78, 5) is 0. The molecule has 0 heterocycles. The predicted octanol–water partition coefficient (Wildman–Crippen LogP) is 2.60. The molecule has 0 N–H and O–H groups in total. The zero-order chi connectivity index (χ0) is 7.23. The van der Waals surface area contributed by atoms with E-state index in [4.69, 9.17) is 0 Å². The Bertz CT molecular complexity index is 196. The number of hydrogen-bond donors (Lipinski definition) is 0. The van der Waals surface area contributed by atoms with Crippen molar-refractivity contribution in [3.8, 4) is 0 Å². The minimum atomic E-state index is 0. The smallest absolute Gasteiger partial charge is 0.0135 e. The second-order valence-corrected chi connectivity index (χ2v) is 3.37. The Morgan fingerprint density at radius 2 is 1.91 bits per heavy atom. The topological polar surface area (TPSA) is 0 Å². The molecule has 0 aliphatic rings. The molecule has 60 valence electrons. The van der Waals surface area contributed by atoms with E-state index in [1.54, 1.807) is 0 Å². The van der Waals surface area contributed by atoms with Crippen LogP contribution in [0.15, 0.2) is 43.0 Å². The average molecular weight is 187 g/mol. The first-order chi connectivity index (χ1) is 4.93. The Balaban J connectivity index is 0.000001000. The highest BCUT2D eigenvalue weighted by molar-refractivity contribution is 7.47. The van der Waals surface area contributed by atoms with E-state index in [-0.39, 0.29) is 12.4 Å². The van der Waals surface area contributed by atoms with Crippen LogP contribution in [-0.2, 0) is 0 Å². The molecule has 1 atom stereocenters. The Kier molecular flexibility index (Phi) is 6.21. The molecule has 1 aromatic rings. The molecule has 0 spiro atoms. The van der Waals surface area contributed by atoms with Crippen LogP contribution in [0.2, 0.25) is 0 Å². The Labute approximate surface area is 75.9 Å². The van der Waals surface area contributed by atoms with Gasteiger partial charge in [-0.3, -0.25) is 0 Å². The maximum absolute atomic E-state index is 3.68. The van der Waals surface area contributed by atoms with Crippen molar-refractivity contribution in [1.82, 2.24) is 0 Å². The average Bonchev–Trinajstić information content (AvgIpc) is 2.03. The van der Waals surface area contributed by atoms with Crippen molar-refractivity contribution in [3.05, 3.63) is 43.0 Å². The van der Waals surface area contributed by atoms with Gasteiger partial charge in [0.2, 0.25) is 0 Å². The molecule has 0 aliphatic carbocycles. The summed E-state index contributed by atoms with van der Waals surface area (Å²) >= 11 is 0. The van der Waals surface area contributed by atoms with E-state index in [9.17, 15) is 0 Å². The predicted molar refractivity (Wildman–Crippen MR) is 56.7 cm³/mol. The summed E-state index contributed by atoms with van der Waals surface area (Å²) in [6, 6.07) is 10.5. The highest BCUT2D eigenvalue weighted by atomic mass is 35.5. The van der Waals surface area contributed by atoms with Crippen LogP contribution in [0.5, 0.6) is 0 Å². The highest BCUT2D eigenvalue weighted by Crippen LogP contribution is 2.08. The van der Waals surface area contributed by atoms with Gasteiger partial charge in [0.25, 0.3) is 0 Å². The summed E-state index contributed by atoms with van der Waals surface area (Å²) < 4.78 is 0. The monoisotopic (exact) mass is 186 g/mol. The first-order valence-corrected chi connectivity index (χ1v) is 4.54. The fourth-order valence-corrected chi connectivity index (χ4v) is 1.55. The van der Waals surface area contributed by atoms with Crippen LogP contribution in [0, 0.1) is 0 Å². The lowest BCUT2D eigenvalue weighted by molar-refractivity contribution is 1.75. The molecule has 2 heteroatoms. The first-order valence-electron chi connectivity index (χ1n) is 3.33. The maximum Gasteiger partial charge on any atom is -0.0135 e. The molecule has 0 fully saturated rings. The molecule has 0 amide bonds. The fourth-order valence-electron chi connectivity index (χ4n) is 0.746. The van der Waals surface area contributed by atoms with Crippen molar-refractivity contribution in [3.63, 3.8) is 0 Å². The van der Waals surface area contributed by atoms with Gasteiger partial charge in [-0.2, -0.15) is 0 Å². The molecule has 0 bridgehead atoms. The van der Waals surface area contributed by atoms with E-state index >= 15 is 0 Å². The lowest BCUT2D eigenvalue weighted by Gasteiger charge is -1.95. The largest absolute Gasteiger partial charge is 0.147 e. The van der Waals surface area contributed by atoms with Crippen LogP contribution in [-0.4, -0.2) is 6.16 Å². The number of allylic oxidation sites excluding steroid dienone is 1. The van der Waals surface area contributed by atoms with Crippen LogP contribution in [0.4, 0.5) is 0 Å². The number of hydrogen-bond acceptors (Lipinski definition) is 0. The molecule has 0 aromatic heterocycles. The summed E-state index contributed by atoms with van der Waals surface area (Å²) in [7, 11) is 0.886. The SMILES string of the molecule is C=CCPc1ccccc1.Cl. The zero-order valence-corrected chi connectivity index (χ0v) is 8.10. The van der Waals surface area contributed by atoms with Gasteiger partial charge in [-0.25, -0.2) is 0 Å². The zero-order valence-electron chi connectivity index (χ0n) is 6.29. The Morgan fingerprint density at radius 1 is 1.27 bits per heavy atom. The summed E-state index contributed by atoms with van der Waals surface area (Å²) in [6.07, 6.45) is 3.06. The van der Waals surface area contributed by atoms with Gasteiger partial charge in [-0.1, -0.05) is 45.0 Å².